The number of hydrazone groups is 1. The summed E-state index contributed by atoms with van der Waals surface area (Å²) in [5.41, 5.74) is 1.47. The fraction of sp³-hybridized carbons (Fsp3) is 0.176. The number of anilines is 2. The standard InChI is InChI=1S/C17H16N8O4/c1-24-13-12(15(27)25(2)17(24)28)20-16(21-13)23-22-11(8-18)14(26)19-9-4-6-10(29-3)7-5-9/h4-7H,1-3H3,(H,19,26)(H2,20,21,23)/b22-11+. The minimum atomic E-state index is -0.746. The van der Waals surface area contributed by atoms with Gasteiger partial charge in [-0.2, -0.15) is 15.3 Å². The van der Waals surface area contributed by atoms with Gasteiger partial charge in [0.25, 0.3) is 11.5 Å². The van der Waals surface area contributed by atoms with Crippen LogP contribution in [0.4, 0.5) is 11.6 Å². The van der Waals surface area contributed by atoms with Crippen LogP contribution in [0.25, 0.3) is 11.2 Å². The predicted molar refractivity (Wildman–Crippen MR) is 105 cm³/mol. The topological polar surface area (TPSA) is 159 Å². The number of carbonyl (C=O) groups excluding carboxylic acids is 1. The van der Waals surface area contributed by atoms with Gasteiger partial charge >= 0.3 is 5.69 Å². The van der Waals surface area contributed by atoms with Crippen LogP contribution < -0.4 is 26.7 Å². The van der Waals surface area contributed by atoms with Gasteiger partial charge < -0.3 is 15.0 Å². The van der Waals surface area contributed by atoms with Gasteiger partial charge in [0.1, 0.15) is 11.8 Å². The first-order valence-corrected chi connectivity index (χ1v) is 8.20. The van der Waals surface area contributed by atoms with Gasteiger partial charge in [0.15, 0.2) is 11.2 Å². The SMILES string of the molecule is COc1ccc(NC(=O)/C(C#N)=N/Nc2nc3c([nH]2)c(=O)n(C)c(=O)n3C)cc1. The summed E-state index contributed by atoms with van der Waals surface area (Å²) in [4.78, 5) is 43.1. The van der Waals surface area contributed by atoms with Crippen molar-refractivity contribution in [3.63, 3.8) is 0 Å². The van der Waals surface area contributed by atoms with Crippen molar-refractivity contribution < 1.29 is 9.53 Å². The molecule has 2 aromatic heterocycles. The number of hydrogen-bond acceptors (Lipinski definition) is 8. The lowest BCUT2D eigenvalue weighted by Gasteiger charge is -2.05. The zero-order valence-corrected chi connectivity index (χ0v) is 15.7. The lowest BCUT2D eigenvalue weighted by molar-refractivity contribution is -0.110. The molecule has 0 unspecified atom stereocenters. The molecule has 0 aliphatic carbocycles. The first kappa shape index (κ1) is 19.4. The van der Waals surface area contributed by atoms with E-state index in [0.29, 0.717) is 11.4 Å². The second-order valence-corrected chi connectivity index (χ2v) is 5.86. The molecule has 29 heavy (non-hydrogen) atoms. The molecule has 12 heteroatoms. The summed E-state index contributed by atoms with van der Waals surface area (Å²) in [6.45, 7) is 0. The van der Waals surface area contributed by atoms with E-state index in [1.165, 1.54) is 25.8 Å². The molecule has 12 nitrogen and oxygen atoms in total. The van der Waals surface area contributed by atoms with Crippen molar-refractivity contribution in [1.82, 2.24) is 19.1 Å². The number of ether oxygens (including phenoxy) is 1. The van der Waals surface area contributed by atoms with E-state index < -0.39 is 22.9 Å². The number of carbonyl (C=O) groups is 1. The number of nitriles is 1. The molecular formula is C17H16N8O4. The van der Waals surface area contributed by atoms with Crippen molar-refractivity contribution in [1.29, 1.82) is 5.26 Å². The highest BCUT2D eigenvalue weighted by Crippen LogP contribution is 2.15. The fourth-order valence-corrected chi connectivity index (χ4v) is 2.48. The Hall–Kier alpha value is -4.40. The average Bonchev–Trinajstić information content (AvgIpc) is 3.16. The van der Waals surface area contributed by atoms with Crippen molar-refractivity contribution >= 4 is 34.4 Å². The Morgan fingerprint density at radius 2 is 1.93 bits per heavy atom. The van der Waals surface area contributed by atoms with E-state index in [4.69, 9.17) is 4.74 Å². The monoisotopic (exact) mass is 396 g/mol. The van der Waals surface area contributed by atoms with Crippen molar-refractivity contribution in [3.8, 4) is 11.8 Å². The highest BCUT2D eigenvalue weighted by molar-refractivity contribution is 6.48. The minimum absolute atomic E-state index is 0.0108. The van der Waals surface area contributed by atoms with E-state index in [-0.39, 0.29) is 17.1 Å². The summed E-state index contributed by atoms with van der Waals surface area (Å²) >= 11 is 0. The Morgan fingerprint density at radius 3 is 2.55 bits per heavy atom. The molecule has 0 radical (unpaired) electrons. The normalized spacial score (nSPS) is 11.2. The molecule has 1 aromatic carbocycles. The molecule has 0 bridgehead atoms. The summed E-state index contributed by atoms with van der Waals surface area (Å²) in [7, 11) is 4.32. The lowest BCUT2D eigenvalue weighted by atomic mass is 10.3. The fourth-order valence-electron chi connectivity index (χ4n) is 2.48. The first-order chi connectivity index (χ1) is 13.8. The van der Waals surface area contributed by atoms with Crippen LogP contribution >= 0.6 is 0 Å². The number of methoxy groups -OCH3 is 1. The highest BCUT2D eigenvalue weighted by atomic mass is 16.5. The second-order valence-electron chi connectivity index (χ2n) is 5.86. The Morgan fingerprint density at radius 1 is 1.24 bits per heavy atom. The number of nitrogens with one attached hydrogen (secondary N) is 3. The zero-order chi connectivity index (χ0) is 21.1. The summed E-state index contributed by atoms with van der Waals surface area (Å²) < 4.78 is 7.14. The Balaban J connectivity index is 1.83. The van der Waals surface area contributed by atoms with Gasteiger partial charge in [-0.05, 0) is 24.3 Å². The molecule has 3 aromatic rings. The third-order valence-corrected chi connectivity index (χ3v) is 4.04. The van der Waals surface area contributed by atoms with Gasteiger partial charge in [0.05, 0.1) is 7.11 Å². The molecule has 3 N–H and O–H groups in total. The van der Waals surface area contributed by atoms with Crippen molar-refractivity contribution in [2.45, 2.75) is 0 Å². The van der Waals surface area contributed by atoms with Crippen LogP contribution in [0.2, 0.25) is 0 Å². The number of benzene rings is 1. The van der Waals surface area contributed by atoms with Crippen LogP contribution in [-0.4, -0.2) is 37.8 Å². The van der Waals surface area contributed by atoms with Gasteiger partial charge in [-0.1, -0.05) is 0 Å². The predicted octanol–water partition coefficient (Wildman–Crippen LogP) is -0.101. The summed E-state index contributed by atoms with van der Waals surface area (Å²) in [6, 6.07) is 8.19. The van der Waals surface area contributed by atoms with Gasteiger partial charge in [0.2, 0.25) is 11.7 Å². The van der Waals surface area contributed by atoms with E-state index in [9.17, 15) is 19.6 Å². The largest absolute Gasteiger partial charge is 0.497 e. The molecule has 0 saturated heterocycles. The minimum Gasteiger partial charge on any atom is -0.497 e. The third kappa shape index (κ3) is 3.69. The van der Waals surface area contributed by atoms with E-state index in [0.717, 1.165) is 4.57 Å². The summed E-state index contributed by atoms with van der Waals surface area (Å²) in [5, 5.41) is 15.4. The number of aryl methyl sites for hydroxylation is 1. The molecule has 0 aliphatic rings. The summed E-state index contributed by atoms with van der Waals surface area (Å²) in [5.74, 6) is -0.142. The number of nitrogens with zero attached hydrogens (tertiary/aromatic N) is 5. The zero-order valence-electron chi connectivity index (χ0n) is 15.7. The van der Waals surface area contributed by atoms with Crippen LogP contribution in [-0.2, 0) is 18.9 Å². The quantitative estimate of drug-likeness (QED) is 0.401. The first-order valence-electron chi connectivity index (χ1n) is 8.20. The van der Waals surface area contributed by atoms with Crippen molar-refractivity contribution in [2.75, 3.05) is 17.9 Å². The van der Waals surface area contributed by atoms with Gasteiger partial charge in [0, 0.05) is 19.8 Å². The molecule has 1 amide bonds. The maximum atomic E-state index is 12.2. The number of imidazole rings is 1. The number of rotatable bonds is 5. The molecule has 3 rings (SSSR count). The second kappa shape index (κ2) is 7.69. The number of amides is 1. The lowest BCUT2D eigenvalue weighted by Crippen LogP contribution is -2.36. The molecule has 0 fully saturated rings. The Labute approximate surface area is 163 Å². The summed E-state index contributed by atoms with van der Waals surface area (Å²) in [6.07, 6.45) is 0. The molecular weight excluding hydrogens is 380 g/mol. The van der Waals surface area contributed by atoms with Gasteiger partial charge in [-0.15, -0.1) is 0 Å². The smallest absolute Gasteiger partial charge is 0.332 e. The number of aromatic amines is 1. The van der Waals surface area contributed by atoms with Crippen molar-refractivity contribution in [3.05, 3.63) is 45.1 Å². The number of hydrogen-bond donors (Lipinski definition) is 3. The average molecular weight is 396 g/mol. The maximum absolute atomic E-state index is 12.2. The Bertz CT molecular complexity index is 1270. The molecule has 2 heterocycles. The van der Waals surface area contributed by atoms with Crippen molar-refractivity contribution in [2.24, 2.45) is 19.2 Å². The van der Waals surface area contributed by atoms with Crippen LogP contribution in [0.5, 0.6) is 5.75 Å². The van der Waals surface area contributed by atoms with E-state index in [1.54, 1.807) is 30.3 Å². The van der Waals surface area contributed by atoms with Gasteiger partial charge in [-0.3, -0.25) is 18.7 Å². The molecule has 0 saturated carbocycles. The van der Waals surface area contributed by atoms with Gasteiger partial charge in [-0.25, -0.2) is 10.2 Å². The van der Waals surface area contributed by atoms with Crippen LogP contribution in [0.15, 0.2) is 39.0 Å². The Kier molecular flexibility index (Phi) is 5.13. The van der Waals surface area contributed by atoms with Crippen LogP contribution in [0.1, 0.15) is 0 Å². The van der Waals surface area contributed by atoms with E-state index in [1.807, 2.05) is 0 Å². The number of aromatic nitrogens is 4. The van der Waals surface area contributed by atoms with E-state index in [2.05, 4.69) is 25.8 Å². The van der Waals surface area contributed by atoms with Crippen LogP contribution in [0, 0.1) is 11.3 Å². The highest BCUT2D eigenvalue weighted by Gasteiger charge is 2.15. The third-order valence-electron chi connectivity index (χ3n) is 4.04. The number of fused-ring (bicyclic) bond motifs is 1. The maximum Gasteiger partial charge on any atom is 0.332 e. The molecule has 0 spiro atoms. The molecule has 148 valence electrons. The number of H-pyrrole nitrogens is 1. The van der Waals surface area contributed by atoms with E-state index >= 15 is 0 Å². The molecule has 0 aliphatic heterocycles. The molecule has 0 atom stereocenters. The van der Waals surface area contributed by atoms with Crippen LogP contribution in [0.3, 0.4) is 0 Å².